The molecule has 2 aliphatic rings. The van der Waals surface area contributed by atoms with Crippen molar-refractivity contribution in [3.05, 3.63) is 0 Å². The van der Waals surface area contributed by atoms with Crippen molar-refractivity contribution in [3.8, 4) is 0 Å². The zero-order valence-corrected chi connectivity index (χ0v) is 15.1. The third kappa shape index (κ3) is 6.74. The van der Waals surface area contributed by atoms with E-state index in [1.807, 2.05) is 11.9 Å². The fourth-order valence-corrected chi connectivity index (χ4v) is 2.77. The monoisotopic (exact) mass is 366 g/mol. The van der Waals surface area contributed by atoms with Crippen LogP contribution >= 0.6 is 0 Å². The van der Waals surface area contributed by atoms with Gasteiger partial charge in [0.05, 0.1) is 13.2 Å². The maximum absolute atomic E-state index is 13.1. The van der Waals surface area contributed by atoms with Gasteiger partial charge in [-0.05, 0) is 34.2 Å². The zero-order chi connectivity index (χ0) is 19.4. The normalized spacial score (nSPS) is 30.0. The Morgan fingerprint density at radius 3 is 2.08 bits per heavy atom. The second-order valence-corrected chi connectivity index (χ2v) is 7.43. The van der Waals surface area contributed by atoms with E-state index in [2.05, 4.69) is 0 Å². The molecule has 2 saturated heterocycles. The summed E-state index contributed by atoms with van der Waals surface area (Å²) in [4.78, 5) is 25.2. The van der Waals surface area contributed by atoms with Crippen LogP contribution in [-0.2, 0) is 9.53 Å². The fourth-order valence-electron chi connectivity index (χ4n) is 2.77. The molecule has 0 aliphatic carbocycles. The van der Waals surface area contributed by atoms with Crippen LogP contribution in [0, 0.1) is 0 Å². The number of aliphatic hydroxyl groups excluding tert-OH is 1. The second kappa shape index (κ2) is 8.75. The van der Waals surface area contributed by atoms with Crippen molar-refractivity contribution >= 4 is 12.1 Å². The molecule has 2 heterocycles. The Kier molecular flexibility index (Phi) is 7.55. The Bertz CT molecular complexity index is 472. The van der Waals surface area contributed by atoms with Crippen molar-refractivity contribution in [2.24, 2.45) is 0 Å². The Labute approximate surface area is 146 Å². The number of halogens is 2. The number of aliphatic carboxylic acids is 1. The molecule has 4 atom stereocenters. The van der Waals surface area contributed by atoms with Crippen LogP contribution in [-0.4, -0.2) is 88.8 Å². The summed E-state index contributed by atoms with van der Waals surface area (Å²) >= 11 is 0. The summed E-state index contributed by atoms with van der Waals surface area (Å²) in [5.41, 5.74) is -0.714. The molecule has 146 valence electrons. The van der Waals surface area contributed by atoms with Crippen molar-refractivity contribution in [1.82, 2.24) is 9.80 Å². The van der Waals surface area contributed by atoms with Gasteiger partial charge in [0.2, 0.25) is 0 Å². The third-order valence-electron chi connectivity index (χ3n) is 4.01. The number of ether oxygens (including phenoxy) is 1. The molecule has 1 amide bonds. The van der Waals surface area contributed by atoms with Crippen LogP contribution in [0.4, 0.5) is 13.6 Å². The summed E-state index contributed by atoms with van der Waals surface area (Å²) in [6.07, 6.45) is -2.48. The van der Waals surface area contributed by atoms with E-state index in [0.29, 0.717) is 13.0 Å². The molecule has 0 spiro atoms. The highest BCUT2D eigenvalue weighted by molar-refractivity contribution is 5.81. The maximum atomic E-state index is 13.1. The maximum Gasteiger partial charge on any atom is 0.411 e. The SMILES string of the molecule is CC(C)(C)OC(=O)N1C[C@H](F)C[C@H]1C(=O)O.CN1C[C@H](F)C[C@H]1CO. The smallest absolute Gasteiger partial charge is 0.411 e. The number of carboxylic acid groups (broad SMARTS) is 1. The molecular formula is C16H28F2N2O5. The molecule has 2 N–H and O–H groups in total. The number of carboxylic acids is 1. The van der Waals surface area contributed by atoms with Crippen LogP contribution in [0.15, 0.2) is 0 Å². The number of amides is 1. The Balaban J connectivity index is 0.000000293. The van der Waals surface area contributed by atoms with Crippen molar-refractivity contribution in [2.75, 3.05) is 26.7 Å². The molecule has 0 aromatic heterocycles. The Morgan fingerprint density at radius 2 is 1.72 bits per heavy atom. The van der Waals surface area contributed by atoms with Crippen LogP contribution in [0.3, 0.4) is 0 Å². The molecule has 0 saturated carbocycles. The lowest BCUT2D eigenvalue weighted by Gasteiger charge is -2.26. The molecule has 0 radical (unpaired) electrons. The lowest BCUT2D eigenvalue weighted by atomic mass is 10.2. The largest absolute Gasteiger partial charge is 0.480 e. The van der Waals surface area contributed by atoms with Crippen molar-refractivity contribution in [3.63, 3.8) is 0 Å². The average Bonchev–Trinajstić information content (AvgIpc) is 3.00. The first-order valence-corrected chi connectivity index (χ1v) is 8.26. The van der Waals surface area contributed by atoms with Crippen molar-refractivity contribution in [1.29, 1.82) is 0 Å². The molecule has 0 bridgehead atoms. The number of alkyl halides is 2. The van der Waals surface area contributed by atoms with Gasteiger partial charge in [-0.3, -0.25) is 9.80 Å². The number of carbonyl (C=O) groups excluding carboxylic acids is 1. The minimum atomic E-state index is -1.30. The van der Waals surface area contributed by atoms with Gasteiger partial charge < -0.3 is 14.9 Å². The first kappa shape index (κ1) is 21.6. The topological polar surface area (TPSA) is 90.3 Å². The summed E-state index contributed by atoms with van der Waals surface area (Å²) in [6, 6.07) is -1.06. The van der Waals surface area contributed by atoms with E-state index in [4.69, 9.17) is 14.9 Å². The minimum absolute atomic E-state index is 0.0556. The van der Waals surface area contributed by atoms with Gasteiger partial charge in [-0.1, -0.05) is 0 Å². The van der Waals surface area contributed by atoms with Crippen LogP contribution in [0.2, 0.25) is 0 Å². The van der Waals surface area contributed by atoms with E-state index in [1.165, 1.54) is 0 Å². The van der Waals surface area contributed by atoms with E-state index in [9.17, 15) is 18.4 Å². The fraction of sp³-hybridized carbons (Fsp3) is 0.875. The minimum Gasteiger partial charge on any atom is -0.480 e. The zero-order valence-electron chi connectivity index (χ0n) is 15.1. The highest BCUT2D eigenvalue weighted by Gasteiger charge is 2.41. The number of hydrogen-bond acceptors (Lipinski definition) is 5. The predicted octanol–water partition coefficient (Wildman–Crippen LogP) is 1.44. The average molecular weight is 366 g/mol. The summed E-state index contributed by atoms with van der Waals surface area (Å²) < 4.78 is 30.5. The van der Waals surface area contributed by atoms with E-state index >= 15 is 0 Å². The molecular weight excluding hydrogens is 338 g/mol. The van der Waals surface area contributed by atoms with Gasteiger partial charge in [0.15, 0.2) is 0 Å². The number of nitrogens with zero attached hydrogens (tertiary/aromatic N) is 2. The van der Waals surface area contributed by atoms with E-state index in [1.54, 1.807) is 20.8 Å². The third-order valence-corrected chi connectivity index (χ3v) is 4.01. The van der Waals surface area contributed by atoms with E-state index in [-0.39, 0.29) is 25.6 Å². The molecule has 2 rings (SSSR count). The number of aliphatic hydroxyl groups is 1. The summed E-state index contributed by atoms with van der Waals surface area (Å²) in [6.45, 7) is 5.35. The van der Waals surface area contributed by atoms with Crippen LogP contribution in [0.5, 0.6) is 0 Å². The standard InChI is InChI=1S/C10H16FNO4.C6H12FNO/c1-10(2,3)16-9(15)12-5-6(11)4-7(12)8(13)14;1-8-3-5(7)2-6(8)4-9/h6-7H,4-5H2,1-3H3,(H,13,14);5-6,9H,2-4H2,1H3/t6-,7+;5-,6+/m11/s1. The summed E-state index contributed by atoms with van der Waals surface area (Å²) in [7, 11) is 1.83. The second-order valence-electron chi connectivity index (χ2n) is 7.43. The van der Waals surface area contributed by atoms with E-state index < -0.39 is 36.0 Å². The molecule has 7 nitrogen and oxygen atoms in total. The summed E-state index contributed by atoms with van der Waals surface area (Å²) in [5.74, 6) is -1.20. The molecule has 0 aromatic rings. The highest BCUT2D eigenvalue weighted by atomic mass is 19.1. The molecule has 0 aromatic carbocycles. The van der Waals surface area contributed by atoms with Crippen LogP contribution in [0.25, 0.3) is 0 Å². The van der Waals surface area contributed by atoms with Gasteiger partial charge in [-0.2, -0.15) is 0 Å². The van der Waals surface area contributed by atoms with Gasteiger partial charge in [0, 0.05) is 19.0 Å². The lowest BCUT2D eigenvalue weighted by Crippen LogP contribution is -2.43. The number of hydrogen-bond donors (Lipinski definition) is 2. The van der Waals surface area contributed by atoms with Gasteiger partial charge in [-0.15, -0.1) is 0 Å². The first-order valence-electron chi connectivity index (χ1n) is 8.26. The number of carbonyl (C=O) groups is 2. The molecule has 0 unspecified atom stereocenters. The predicted molar refractivity (Wildman–Crippen MR) is 86.9 cm³/mol. The van der Waals surface area contributed by atoms with Gasteiger partial charge >= 0.3 is 12.1 Å². The van der Waals surface area contributed by atoms with Crippen LogP contribution < -0.4 is 0 Å². The molecule has 9 heteroatoms. The first-order chi connectivity index (χ1) is 11.4. The van der Waals surface area contributed by atoms with Gasteiger partial charge in [0.1, 0.15) is 24.0 Å². The summed E-state index contributed by atoms with van der Waals surface area (Å²) in [5, 5.41) is 17.5. The van der Waals surface area contributed by atoms with E-state index in [0.717, 1.165) is 4.90 Å². The number of rotatable bonds is 2. The van der Waals surface area contributed by atoms with Gasteiger partial charge in [0.25, 0.3) is 0 Å². The Morgan fingerprint density at radius 1 is 1.16 bits per heavy atom. The Hall–Kier alpha value is -1.48. The lowest BCUT2D eigenvalue weighted by molar-refractivity contribution is -0.142. The van der Waals surface area contributed by atoms with Crippen LogP contribution in [0.1, 0.15) is 33.6 Å². The quantitative estimate of drug-likeness (QED) is 0.769. The molecule has 25 heavy (non-hydrogen) atoms. The highest BCUT2D eigenvalue weighted by Crippen LogP contribution is 2.23. The van der Waals surface area contributed by atoms with Crippen molar-refractivity contribution in [2.45, 2.75) is 63.6 Å². The van der Waals surface area contributed by atoms with Gasteiger partial charge in [-0.25, -0.2) is 18.4 Å². The number of likely N-dealkylation sites (N-methyl/N-ethyl adjacent to an activating group) is 1. The molecule has 2 aliphatic heterocycles. The number of likely N-dealkylation sites (tertiary alicyclic amines) is 2. The van der Waals surface area contributed by atoms with Crippen molar-refractivity contribution < 1.29 is 33.3 Å². The molecule has 2 fully saturated rings.